The molecule has 2 aromatic heterocycles. The summed E-state index contributed by atoms with van der Waals surface area (Å²) in [7, 11) is 0. The predicted octanol–water partition coefficient (Wildman–Crippen LogP) is 3.33. The molecule has 1 aliphatic carbocycles. The number of aromatic nitrogens is 2. The third-order valence-corrected chi connectivity index (χ3v) is 7.00. The van der Waals surface area contributed by atoms with Crippen molar-refractivity contribution in [2.45, 2.75) is 76.8 Å². The molecule has 0 aromatic carbocycles. The molecule has 4 rings (SSSR count). The van der Waals surface area contributed by atoms with Gasteiger partial charge in [0.05, 0.1) is 0 Å². The van der Waals surface area contributed by atoms with E-state index in [9.17, 15) is 9.59 Å². The van der Waals surface area contributed by atoms with Crippen LogP contribution in [-0.4, -0.2) is 33.4 Å². The van der Waals surface area contributed by atoms with Crippen LogP contribution in [0.5, 0.6) is 0 Å². The van der Waals surface area contributed by atoms with Crippen molar-refractivity contribution < 1.29 is 14.1 Å². The fraction of sp³-hybridized carbons (Fsp3) is 0.619. The summed E-state index contributed by atoms with van der Waals surface area (Å²) in [5, 5.41) is 9.38. The quantitative estimate of drug-likeness (QED) is 0.755. The van der Waals surface area contributed by atoms with E-state index in [-0.39, 0.29) is 11.8 Å². The molecule has 1 aliphatic heterocycles. The summed E-state index contributed by atoms with van der Waals surface area (Å²) >= 11 is 1.77. The van der Waals surface area contributed by atoms with Crippen LogP contribution < -0.4 is 5.32 Å². The first-order chi connectivity index (χ1) is 14.1. The largest absolute Gasteiger partial charge is 0.343 e. The normalized spacial score (nSPS) is 18.7. The van der Waals surface area contributed by atoms with Gasteiger partial charge in [-0.3, -0.25) is 9.59 Å². The molecule has 0 bridgehead atoms. The van der Waals surface area contributed by atoms with Crippen LogP contribution in [0.25, 0.3) is 0 Å². The summed E-state index contributed by atoms with van der Waals surface area (Å²) in [6.45, 7) is 3.00. The first-order valence-corrected chi connectivity index (χ1v) is 11.4. The molecule has 7 nitrogen and oxygen atoms in total. The lowest BCUT2D eigenvalue weighted by Gasteiger charge is -2.30. The molecule has 0 radical (unpaired) electrons. The van der Waals surface area contributed by atoms with Gasteiger partial charge in [-0.2, -0.15) is 4.98 Å². The maximum absolute atomic E-state index is 12.6. The van der Waals surface area contributed by atoms with Gasteiger partial charge in [0, 0.05) is 37.7 Å². The fourth-order valence-electron chi connectivity index (χ4n) is 4.46. The average Bonchev–Trinajstić information content (AvgIpc) is 3.31. The molecule has 0 atom stereocenters. The zero-order chi connectivity index (χ0) is 20.3. The molecule has 156 valence electrons. The summed E-state index contributed by atoms with van der Waals surface area (Å²) in [6.07, 6.45) is 7.73. The van der Waals surface area contributed by atoms with Crippen molar-refractivity contribution in [1.29, 1.82) is 0 Å². The number of amides is 2. The van der Waals surface area contributed by atoms with Gasteiger partial charge in [0.25, 0.3) is 0 Å². The van der Waals surface area contributed by atoms with E-state index in [1.165, 1.54) is 17.4 Å². The van der Waals surface area contributed by atoms with Crippen LogP contribution in [0, 0.1) is 0 Å². The second-order valence-corrected chi connectivity index (χ2v) is 9.12. The molecule has 0 unspecified atom stereocenters. The van der Waals surface area contributed by atoms with E-state index in [1.807, 2.05) is 4.90 Å². The Balaban J connectivity index is 1.39. The molecular formula is C21H28N4O3S. The van der Waals surface area contributed by atoms with E-state index >= 15 is 0 Å². The van der Waals surface area contributed by atoms with Gasteiger partial charge in [0.15, 0.2) is 5.82 Å². The van der Waals surface area contributed by atoms with Crippen LogP contribution in [0.3, 0.4) is 0 Å². The Morgan fingerprint density at radius 1 is 1.28 bits per heavy atom. The molecule has 1 fully saturated rings. The van der Waals surface area contributed by atoms with Crippen molar-refractivity contribution >= 4 is 23.2 Å². The minimum Gasteiger partial charge on any atom is -0.343 e. The summed E-state index contributed by atoms with van der Waals surface area (Å²) in [6, 6.07) is 2.11. The van der Waals surface area contributed by atoms with Crippen LogP contribution >= 0.6 is 11.3 Å². The topological polar surface area (TPSA) is 88.3 Å². The predicted molar refractivity (Wildman–Crippen MR) is 109 cm³/mol. The minimum absolute atomic E-state index is 0.0775. The Morgan fingerprint density at radius 2 is 2.07 bits per heavy atom. The highest BCUT2D eigenvalue weighted by Gasteiger charge is 2.38. The van der Waals surface area contributed by atoms with Crippen molar-refractivity contribution in [2.24, 2.45) is 0 Å². The van der Waals surface area contributed by atoms with Gasteiger partial charge in [0.1, 0.15) is 5.54 Å². The van der Waals surface area contributed by atoms with Gasteiger partial charge in [-0.15, -0.1) is 11.3 Å². The molecule has 2 aromatic rings. The average molecular weight is 417 g/mol. The van der Waals surface area contributed by atoms with Crippen molar-refractivity contribution in [1.82, 2.24) is 20.4 Å². The van der Waals surface area contributed by atoms with Crippen LogP contribution in [0.2, 0.25) is 0 Å². The SMILES string of the molecule is CC(=O)NC1(c2noc(CCC(=O)N3CCc4sccc4C3)n2)CCCCCC1. The Morgan fingerprint density at radius 3 is 2.83 bits per heavy atom. The minimum atomic E-state index is -0.545. The number of carbonyl (C=O) groups excluding carboxylic acids is 2. The molecule has 0 spiro atoms. The van der Waals surface area contributed by atoms with E-state index < -0.39 is 5.54 Å². The van der Waals surface area contributed by atoms with Gasteiger partial charge in [0.2, 0.25) is 17.7 Å². The van der Waals surface area contributed by atoms with Crippen molar-refractivity contribution in [3.8, 4) is 0 Å². The molecule has 3 heterocycles. The summed E-state index contributed by atoms with van der Waals surface area (Å²) in [5.41, 5.74) is 0.719. The molecule has 1 saturated carbocycles. The van der Waals surface area contributed by atoms with Crippen molar-refractivity contribution in [3.05, 3.63) is 33.6 Å². The Labute approximate surface area is 174 Å². The van der Waals surface area contributed by atoms with Crippen molar-refractivity contribution in [3.63, 3.8) is 0 Å². The number of thiophene rings is 1. The third-order valence-electron chi connectivity index (χ3n) is 5.98. The van der Waals surface area contributed by atoms with Gasteiger partial charge in [-0.1, -0.05) is 30.8 Å². The number of hydrogen-bond acceptors (Lipinski definition) is 6. The summed E-state index contributed by atoms with van der Waals surface area (Å²) < 4.78 is 5.47. The Hall–Kier alpha value is -2.22. The van der Waals surface area contributed by atoms with Gasteiger partial charge in [-0.05, 0) is 36.3 Å². The van der Waals surface area contributed by atoms with Gasteiger partial charge >= 0.3 is 0 Å². The number of nitrogens with zero attached hydrogens (tertiary/aromatic N) is 3. The molecule has 29 heavy (non-hydrogen) atoms. The first-order valence-electron chi connectivity index (χ1n) is 10.5. The summed E-state index contributed by atoms with van der Waals surface area (Å²) in [4.78, 5) is 32.4. The molecular weight excluding hydrogens is 388 g/mol. The highest BCUT2D eigenvalue weighted by atomic mass is 32.1. The maximum atomic E-state index is 12.6. The maximum Gasteiger partial charge on any atom is 0.227 e. The van der Waals surface area contributed by atoms with Gasteiger partial charge in [-0.25, -0.2) is 0 Å². The van der Waals surface area contributed by atoms with E-state index in [0.717, 1.165) is 51.5 Å². The second kappa shape index (κ2) is 8.65. The van der Waals surface area contributed by atoms with Crippen LogP contribution in [0.15, 0.2) is 16.0 Å². The lowest BCUT2D eigenvalue weighted by molar-refractivity contribution is -0.132. The number of nitrogens with one attached hydrogen (secondary N) is 1. The number of fused-ring (bicyclic) bond motifs is 1. The van der Waals surface area contributed by atoms with Gasteiger partial charge < -0.3 is 14.7 Å². The lowest BCUT2D eigenvalue weighted by atomic mass is 9.89. The molecule has 0 saturated heterocycles. The Kier molecular flexibility index (Phi) is 5.99. The fourth-order valence-corrected chi connectivity index (χ4v) is 5.35. The highest BCUT2D eigenvalue weighted by molar-refractivity contribution is 7.10. The molecule has 2 aliphatic rings. The van der Waals surface area contributed by atoms with Crippen LogP contribution in [-0.2, 0) is 34.5 Å². The molecule has 8 heteroatoms. The number of carbonyl (C=O) groups is 2. The number of aryl methyl sites for hydroxylation is 1. The van der Waals surface area contributed by atoms with E-state index in [2.05, 4.69) is 26.9 Å². The zero-order valence-corrected chi connectivity index (χ0v) is 17.7. The first kappa shape index (κ1) is 20.1. The van der Waals surface area contributed by atoms with E-state index in [4.69, 9.17) is 4.52 Å². The second-order valence-electron chi connectivity index (χ2n) is 8.12. The number of rotatable bonds is 5. The lowest BCUT2D eigenvalue weighted by Crippen LogP contribution is -2.45. The van der Waals surface area contributed by atoms with E-state index in [1.54, 1.807) is 11.3 Å². The smallest absolute Gasteiger partial charge is 0.227 e. The molecule has 1 N–H and O–H groups in total. The standard InChI is InChI=1S/C21H28N4O3S/c1-15(26)23-21(10-4-2-3-5-11-21)20-22-18(28-24-20)6-7-19(27)25-12-8-17-16(14-25)9-13-29-17/h9,13H,2-8,10-12,14H2,1H3,(H,23,26). The van der Waals surface area contributed by atoms with Crippen LogP contribution in [0.4, 0.5) is 0 Å². The summed E-state index contributed by atoms with van der Waals surface area (Å²) in [5.74, 6) is 1.06. The number of hydrogen-bond donors (Lipinski definition) is 1. The molecule has 2 amide bonds. The Bertz CT molecular complexity index is 867. The third kappa shape index (κ3) is 4.52. The van der Waals surface area contributed by atoms with E-state index in [0.29, 0.717) is 31.1 Å². The monoisotopic (exact) mass is 416 g/mol. The van der Waals surface area contributed by atoms with Crippen molar-refractivity contribution in [2.75, 3.05) is 6.54 Å². The highest BCUT2D eigenvalue weighted by Crippen LogP contribution is 2.34. The zero-order valence-electron chi connectivity index (χ0n) is 16.9. The van der Waals surface area contributed by atoms with Crippen LogP contribution in [0.1, 0.15) is 74.0 Å².